The van der Waals surface area contributed by atoms with E-state index in [0.29, 0.717) is 18.5 Å². The zero-order valence-electron chi connectivity index (χ0n) is 14.2. The molecule has 1 aliphatic carbocycles. The number of ether oxygens (including phenoxy) is 2. The van der Waals surface area contributed by atoms with E-state index in [1.165, 1.54) is 0 Å². The van der Waals surface area contributed by atoms with Crippen LogP contribution in [0.3, 0.4) is 0 Å². The quantitative estimate of drug-likeness (QED) is 0.849. The molecule has 0 radical (unpaired) electrons. The van der Waals surface area contributed by atoms with Gasteiger partial charge in [-0.2, -0.15) is 0 Å². The van der Waals surface area contributed by atoms with Gasteiger partial charge in [0.25, 0.3) is 0 Å². The third kappa shape index (κ3) is 3.11. The standard InChI is InChI=1S/C18H25N3O3/c1-17(4-5-17)15(22)21-10-6-18(7-11-21)13-14(3-12-23-18)24-16-19-8-2-9-20-16/h2,8-9,14H,3-7,10-13H2,1H3. The second kappa shape index (κ2) is 5.99. The average molecular weight is 331 g/mol. The summed E-state index contributed by atoms with van der Waals surface area (Å²) < 4.78 is 12.1. The maximum atomic E-state index is 12.5. The summed E-state index contributed by atoms with van der Waals surface area (Å²) in [6.45, 7) is 4.37. The number of nitrogens with zero attached hydrogens (tertiary/aromatic N) is 3. The van der Waals surface area contributed by atoms with Crippen molar-refractivity contribution in [1.29, 1.82) is 0 Å². The highest BCUT2D eigenvalue weighted by Crippen LogP contribution is 2.47. The van der Waals surface area contributed by atoms with Gasteiger partial charge in [0.15, 0.2) is 0 Å². The first kappa shape index (κ1) is 15.8. The van der Waals surface area contributed by atoms with Gasteiger partial charge in [-0.15, -0.1) is 0 Å². The van der Waals surface area contributed by atoms with Crippen molar-refractivity contribution >= 4 is 5.91 Å². The Labute approximate surface area is 142 Å². The smallest absolute Gasteiger partial charge is 0.316 e. The van der Waals surface area contributed by atoms with E-state index in [4.69, 9.17) is 9.47 Å². The van der Waals surface area contributed by atoms with Crippen molar-refractivity contribution in [2.24, 2.45) is 5.41 Å². The van der Waals surface area contributed by atoms with Crippen LogP contribution in [0.2, 0.25) is 0 Å². The van der Waals surface area contributed by atoms with Crippen LogP contribution in [0.5, 0.6) is 6.01 Å². The highest BCUT2D eigenvalue weighted by Gasteiger charge is 2.49. The molecular weight excluding hydrogens is 306 g/mol. The molecule has 1 amide bonds. The number of carbonyl (C=O) groups is 1. The largest absolute Gasteiger partial charge is 0.460 e. The minimum absolute atomic E-state index is 0.0752. The molecule has 0 bridgehead atoms. The topological polar surface area (TPSA) is 64.6 Å². The van der Waals surface area contributed by atoms with Gasteiger partial charge in [0, 0.05) is 43.7 Å². The van der Waals surface area contributed by atoms with Crippen LogP contribution in [0.4, 0.5) is 0 Å². The fraction of sp³-hybridized carbons (Fsp3) is 0.722. The molecule has 1 saturated carbocycles. The fourth-order valence-corrected chi connectivity index (χ4v) is 3.83. The van der Waals surface area contributed by atoms with Crippen LogP contribution in [0.1, 0.15) is 45.4 Å². The van der Waals surface area contributed by atoms with Gasteiger partial charge in [0.2, 0.25) is 5.91 Å². The number of rotatable bonds is 3. The Morgan fingerprint density at radius 2 is 1.96 bits per heavy atom. The zero-order valence-corrected chi connectivity index (χ0v) is 14.2. The van der Waals surface area contributed by atoms with Crippen molar-refractivity contribution in [2.75, 3.05) is 19.7 Å². The Balaban J connectivity index is 1.35. The van der Waals surface area contributed by atoms with Gasteiger partial charge in [-0.05, 0) is 31.7 Å². The fourth-order valence-electron chi connectivity index (χ4n) is 3.83. The highest BCUT2D eigenvalue weighted by molar-refractivity contribution is 5.85. The molecule has 0 N–H and O–H groups in total. The Bertz CT molecular complexity index is 595. The first-order valence-electron chi connectivity index (χ1n) is 8.96. The molecule has 24 heavy (non-hydrogen) atoms. The molecular formula is C18H25N3O3. The molecule has 1 spiro atoms. The Morgan fingerprint density at radius 1 is 1.25 bits per heavy atom. The molecule has 0 aromatic carbocycles. The van der Waals surface area contributed by atoms with Crippen LogP contribution in [0.25, 0.3) is 0 Å². The SMILES string of the molecule is CC1(C(=O)N2CCC3(CC2)CC(Oc2ncccn2)CCO3)CC1. The van der Waals surface area contributed by atoms with Crippen molar-refractivity contribution in [2.45, 2.75) is 57.2 Å². The van der Waals surface area contributed by atoms with E-state index in [1.54, 1.807) is 18.5 Å². The summed E-state index contributed by atoms with van der Waals surface area (Å²) in [6.07, 6.45) is 9.05. The van der Waals surface area contributed by atoms with E-state index in [-0.39, 0.29) is 17.1 Å². The van der Waals surface area contributed by atoms with E-state index < -0.39 is 0 Å². The summed E-state index contributed by atoms with van der Waals surface area (Å²) in [5.41, 5.74) is -0.229. The number of hydrogen-bond donors (Lipinski definition) is 0. The van der Waals surface area contributed by atoms with Gasteiger partial charge in [0.1, 0.15) is 6.10 Å². The Hall–Kier alpha value is -1.69. The number of carbonyl (C=O) groups excluding carboxylic acids is 1. The maximum absolute atomic E-state index is 12.5. The number of hydrogen-bond acceptors (Lipinski definition) is 5. The van der Waals surface area contributed by atoms with Crippen molar-refractivity contribution < 1.29 is 14.3 Å². The van der Waals surface area contributed by atoms with Crippen LogP contribution in [-0.4, -0.2) is 52.2 Å². The molecule has 3 fully saturated rings. The second-order valence-electron chi connectivity index (χ2n) is 7.65. The summed E-state index contributed by atoms with van der Waals surface area (Å²) in [4.78, 5) is 22.8. The summed E-state index contributed by atoms with van der Waals surface area (Å²) >= 11 is 0. The lowest BCUT2D eigenvalue weighted by atomic mass is 9.83. The zero-order chi connectivity index (χ0) is 16.6. The first-order chi connectivity index (χ1) is 11.6. The van der Waals surface area contributed by atoms with Crippen LogP contribution in [0, 0.1) is 5.41 Å². The summed E-state index contributed by atoms with van der Waals surface area (Å²) in [5, 5.41) is 0. The third-order valence-electron chi connectivity index (χ3n) is 5.74. The van der Waals surface area contributed by atoms with E-state index in [0.717, 1.165) is 51.6 Å². The van der Waals surface area contributed by atoms with Crippen LogP contribution >= 0.6 is 0 Å². The van der Waals surface area contributed by atoms with Crippen molar-refractivity contribution in [3.63, 3.8) is 0 Å². The van der Waals surface area contributed by atoms with E-state index in [1.807, 2.05) is 4.90 Å². The normalized spacial score (nSPS) is 27.7. The van der Waals surface area contributed by atoms with Gasteiger partial charge in [-0.25, -0.2) is 9.97 Å². The van der Waals surface area contributed by atoms with Crippen LogP contribution in [0.15, 0.2) is 18.5 Å². The van der Waals surface area contributed by atoms with Gasteiger partial charge in [-0.3, -0.25) is 4.79 Å². The predicted octanol–water partition coefficient (Wildman–Crippen LogP) is 2.20. The molecule has 1 atom stereocenters. The van der Waals surface area contributed by atoms with E-state index in [2.05, 4.69) is 16.9 Å². The number of likely N-dealkylation sites (tertiary alicyclic amines) is 1. The molecule has 3 aliphatic rings. The molecule has 4 rings (SSSR count). The summed E-state index contributed by atoms with van der Waals surface area (Å²) in [7, 11) is 0. The lowest BCUT2D eigenvalue weighted by Gasteiger charge is -2.46. The molecule has 6 nitrogen and oxygen atoms in total. The van der Waals surface area contributed by atoms with E-state index >= 15 is 0 Å². The number of piperidine rings is 1. The minimum atomic E-state index is -0.154. The average Bonchev–Trinajstić information content (AvgIpc) is 3.35. The predicted molar refractivity (Wildman–Crippen MR) is 87.5 cm³/mol. The first-order valence-corrected chi connectivity index (χ1v) is 8.96. The monoisotopic (exact) mass is 331 g/mol. The van der Waals surface area contributed by atoms with Gasteiger partial charge in [-0.1, -0.05) is 6.92 Å². The molecule has 2 saturated heterocycles. The summed E-state index contributed by atoms with van der Waals surface area (Å²) in [5.74, 6) is 0.332. The van der Waals surface area contributed by atoms with Crippen LogP contribution in [-0.2, 0) is 9.53 Å². The van der Waals surface area contributed by atoms with E-state index in [9.17, 15) is 4.79 Å². The highest BCUT2D eigenvalue weighted by atomic mass is 16.5. The molecule has 1 aromatic rings. The van der Waals surface area contributed by atoms with Gasteiger partial charge < -0.3 is 14.4 Å². The minimum Gasteiger partial charge on any atom is -0.460 e. The number of aromatic nitrogens is 2. The summed E-state index contributed by atoms with van der Waals surface area (Å²) in [6, 6.07) is 2.22. The van der Waals surface area contributed by atoms with Crippen molar-refractivity contribution in [1.82, 2.24) is 14.9 Å². The molecule has 2 aliphatic heterocycles. The lowest BCUT2D eigenvalue weighted by molar-refractivity contribution is -0.155. The van der Waals surface area contributed by atoms with Gasteiger partial charge in [0.05, 0.1) is 12.2 Å². The van der Waals surface area contributed by atoms with Crippen molar-refractivity contribution in [3.05, 3.63) is 18.5 Å². The molecule has 130 valence electrons. The Kier molecular flexibility index (Phi) is 3.95. The Morgan fingerprint density at radius 3 is 2.62 bits per heavy atom. The second-order valence-corrected chi connectivity index (χ2v) is 7.65. The van der Waals surface area contributed by atoms with Crippen LogP contribution < -0.4 is 4.74 Å². The number of amides is 1. The molecule has 3 heterocycles. The lowest BCUT2D eigenvalue weighted by Crippen LogP contribution is -2.53. The molecule has 1 aromatic heterocycles. The third-order valence-corrected chi connectivity index (χ3v) is 5.74. The van der Waals surface area contributed by atoms with Gasteiger partial charge >= 0.3 is 6.01 Å². The van der Waals surface area contributed by atoms with Crippen molar-refractivity contribution in [3.8, 4) is 6.01 Å². The molecule has 1 unspecified atom stereocenters. The molecule has 6 heteroatoms. The maximum Gasteiger partial charge on any atom is 0.316 e.